The number of hydrogen-bond donors (Lipinski definition) is 1. The third kappa shape index (κ3) is 3.93. The van der Waals surface area contributed by atoms with Crippen LogP contribution in [0, 0.1) is 12.8 Å². The lowest BCUT2D eigenvalue weighted by atomic mass is 9.84. The van der Waals surface area contributed by atoms with E-state index in [1.807, 2.05) is 0 Å². The van der Waals surface area contributed by atoms with Crippen LogP contribution in [-0.2, 0) is 11.2 Å². The van der Waals surface area contributed by atoms with Crippen molar-refractivity contribution in [3.05, 3.63) is 54.1 Å². The van der Waals surface area contributed by atoms with E-state index in [9.17, 15) is 4.79 Å². The van der Waals surface area contributed by atoms with Crippen LogP contribution in [0.4, 0.5) is 5.82 Å². The summed E-state index contributed by atoms with van der Waals surface area (Å²) in [5.74, 6) is 1.22. The Labute approximate surface area is 166 Å². The average Bonchev–Trinajstić information content (AvgIpc) is 3.04. The van der Waals surface area contributed by atoms with Crippen molar-refractivity contribution >= 4 is 22.6 Å². The molecule has 1 aliphatic carbocycles. The first-order valence-electron chi connectivity index (χ1n) is 10.3. The fraction of sp³-hybridized carbons (Fsp3) is 0.435. The molecule has 2 heterocycles. The third-order valence-corrected chi connectivity index (χ3v) is 6.08. The summed E-state index contributed by atoms with van der Waals surface area (Å²) < 4.78 is 2.44. The topological polar surface area (TPSA) is 59.8 Å². The molecule has 1 atom stereocenters. The van der Waals surface area contributed by atoms with Crippen molar-refractivity contribution in [2.45, 2.75) is 58.4 Å². The average molecular weight is 377 g/mol. The van der Waals surface area contributed by atoms with Crippen molar-refractivity contribution in [2.24, 2.45) is 5.92 Å². The van der Waals surface area contributed by atoms with E-state index in [2.05, 4.69) is 58.1 Å². The number of benzene rings is 1. The predicted octanol–water partition coefficient (Wildman–Crippen LogP) is 5.06. The molecule has 28 heavy (non-hydrogen) atoms. The summed E-state index contributed by atoms with van der Waals surface area (Å²) in [6.07, 6.45) is 12.4. The van der Waals surface area contributed by atoms with E-state index >= 15 is 0 Å². The van der Waals surface area contributed by atoms with E-state index in [0.29, 0.717) is 18.3 Å². The summed E-state index contributed by atoms with van der Waals surface area (Å²) in [7, 11) is 0. The van der Waals surface area contributed by atoms with E-state index in [-0.39, 0.29) is 5.91 Å². The molecule has 0 saturated heterocycles. The van der Waals surface area contributed by atoms with E-state index in [0.717, 1.165) is 11.5 Å². The Balaban J connectivity index is 1.56. The quantitative estimate of drug-likeness (QED) is 0.677. The Morgan fingerprint density at radius 3 is 2.82 bits per heavy atom. The van der Waals surface area contributed by atoms with Gasteiger partial charge in [0.1, 0.15) is 12.1 Å². The zero-order valence-corrected chi connectivity index (χ0v) is 16.7. The molecule has 146 valence electrons. The highest BCUT2D eigenvalue weighted by atomic mass is 16.1. The maximum absolute atomic E-state index is 12.4. The molecule has 5 nitrogen and oxygen atoms in total. The number of fused-ring (bicyclic) bond motifs is 1. The molecule has 3 aromatic rings. The minimum absolute atomic E-state index is 0.0618. The highest BCUT2D eigenvalue weighted by Crippen LogP contribution is 2.35. The lowest BCUT2D eigenvalue weighted by Crippen LogP contribution is -2.19. The normalized spacial score (nSPS) is 16.2. The molecule has 0 bridgehead atoms. The van der Waals surface area contributed by atoms with Crippen LogP contribution in [0.25, 0.3) is 10.9 Å². The number of aryl methyl sites for hydroxylation is 1. The second kappa shape index (κ2) is 8.13. The highest BCUT2D eigenvalue weighted by Gasteiger charge is 2.23. The first-order valence-corrected chi connectivity index (χ1v) is 10.3. The van der Waals surface area contributed by atoms with Gasteiger partial charge in [0.25, 0.3) is 0 Å². The van der Waals surface area contributed by atoms with Gasteiger partial charge in [-0.1, -0.05) is 31.4 Å². The second-order valence-electron chi connectivity index (χ2n) is 8.03. The maximum atomic E-state index is 12.4. The maximum Gasteiger partial charge on any atom is 0.229 e. The van der Waals surface area contributed by atoms with Crippen molar-refractivity contribution < 1.29 is 4.79 Å². The molecule has 0 spiro atoms. The van der Waals surface area contributed by atoms with Crippen LogP contribution in [0.2, 0.25) is 0 Å². The number of carbonyl (C=O) groups excluding carboxylic acids is 1. The SMILES string of the molecule is Cc1cn(C(C)C2CCCCC2)c2cc(CC(=O)Nc3ccncn3)ccc12. The molecule has 0 radical (unpaired) electrons. The van der Waals surface area contributed by atoms with Crippen LogP contribution in [0.1, 0.15) is 56.2 Å². The second-order valence-corrected chi connectivity index (χ2v) is 8.03. The van der Waals surface area contributed by atoms with Gasteiger partial charge in [-0.3, -0.25) is 4.79 Å². The Morgan fingerprint density at radius 2 is 2.07 bits per heavy atom. The fourth-order valence-corrected chi connectivity index (χ4v) is 4.50. The van der Waals surface area contributed by atoms with Crippen LogP contribution in [0.15, 0.2) is 43.0 Å². The van der Waals surface area contributed by atoms with Gasteiger partial charge < -0.3 is 9.88 Å². The highest BCUT2D eigenvalue weighted by molar-refractivity contribution is 5.92. The third-order valence-electron chi connectivity index (χ3n) is 6.08. The molecule has 1 unspecified atom stereocenters. The van der Waals surface area contributed by atoms with Crippen LogP contribution in [-0.4, -0.2) is 20.4 Å². The summed E-state index contributed by atoms with van der Waals surface area (Å²) in [5.41, 5.74) is 3.56. The lowest BCUT2D eigenvalue weighted by Gasteiger charge is -2.29. The molecule has 1 aromatic carbocycles. The van der Waals surface area contributed by atoms with Gasteiger partial charge in [-0.15, -0.1) is 0 Å². The number of aromatic nitrogens is 3. The number of rotatable bonds is 5. The zero-order valence-electron chi connectivity index (χ0n) is 16.7. The predicted molar refractivity (Wildman–Crippen MR) is 112 cm³/mol. The van der Waals surface area contributed by atoms with Gasteiger partial charge in [0.05, 0.1) is 6.42 Å². The zero-order chi connectivity index (χ0) is 19.5. The van der Waals surface area contributed by atoms with E-state index in [4.69, 9.17) is 0 Å². The Hall–Kier alpha value is -2.69. The van der Waals surface area contributed by atoms with Gasteiger partial charge in [0, 0.05) is 29.3 Å². The summed E-state index contributed by atoms with van der Waals surface area (Å²) in [4.78, 5) is 20.3. The van der Waals surface area contributed by atoms with Gasteiger partial charge in [0.2, 0.25) is 5.91 Å². The Bertz CT molecular complexity index is 957. The van der Waals surface area contributed by atoms with Crippen molar-refractivity contribution in [2.75, 3.05) is 5.32 Å². The van der Waals surface area contributed by atoms with Crippen LogP contribution >= 0.6 is 0 Å². The minimum Gasteiger partial charge on any atom is -0.344 e. The monoisotopic (exact) mass is 376 g/mol. The van der Waals surface area contributed by atoms with Crippen LogP contribution < -0.4 is 5.32 Å². The first kappa shape index (κ1) is 18.7. The largest absolute Gasteiger partial charge is 0.344 e. The van der Waals surface area contributed by atoms with Gasteiger partial charge >= 0.3 is 0 Å². The number of nitrogens with zero attached hydrogens (tertiary/aromatic N) is 3. The standard InChI is InChI=1S/C23H28N4O/c1-16-14-27(17(2)19-6-4-3-5-7-19)21-12-18(8-9-20(16)21)13-23(28)26-22-10-11-24-15-25-22/h8-12,14-15,17,19H,3-7,13H2,1-2H3,(H,24,25,26,28). The van der Waals surface area contributed by atoms with Gasteiger partial charge in [-0.25, -0.2) is 9.97 Å². The van der Waals surface area contributed by atoms with Gasteiger partial charge in [-0.2, -0.15) is 0 Å². The molecule has 5 heteroatoms. The molecule has 4 rings (SSSR count). The molecule has 1 saturated carbocycles. The molecule has 2 aromatic heterocycles. The van der Waals surface area contributed by atoms with Crippen LogP contribution in [0.5, 0.6) is 0 Å². The molecule has 1 aliphatic rings. The summed E-state index contributed by atoms with van der Waals surface area (Å²) in [6, 6.07) is 8.58. The summed E-state index contributed by atoms with van der Waals surface area (Å²) in [5, 5.41) is 4.12. The lowest BCUT2D eigenvalue weighted by molar-refractivity contribution is -0.115. The number of amides is 1. The number of carbonyl (C=O) groups is 1. The molecule has 1 N–H and O–H groups in total. The van der Waals surface area contributed by atoms with Crippen molar-refractivity contribution in [1.29, 1.82) is 0 Å². The van der Waals surface area contributed by atoms with Crippen molar-refractivity contribution in [3.63, 3.8) is 0 Å². The number of nitrogens with one attached hydrogen (secondary N) is 1. The Kier molecular flexibility index (Phi) is 5.42. The molecule has 0 aliphatic heterocycles. The molecule has 1 fully saturated rings. The first-order chi connectivity index (χ1) is 13.6. The summed E-state index contributed by atoms with van der Waals surface area (Å²) >= 11 is 0. The number of hydrogen-bond acceptors (Lipinski definition) is 3. The molecular weight excluding hydrogens is 348 g/mol. The van der Waals surface area contributed by atoms with Gasteiger partial charge in [-0.05, 0) is 55.9 Å². The van der Waals surface area contributed by atoms with E-state index in [1.165, 1.54) is 54.9 Å². The minimum atomic E-state index is -0.0618. The van der Waals surface area contributed by atoms with Crippen molar-refractivity contribution in [3.8, 4) is 0 Å². The van der Waals surface area contributed by atoms with Gasteiger partial charge in [0.15, 0.2) is 0 Å². The van der Waals surface area contributed by atoms with E-state index < -0.39 is 0 Å². The summed E-state index contributed by atoms with van der Waals surface area (Å²) in [6.45, 7) is 4.53. The van der Waals surface area contributed by atoms with E-state index in [1.54, 1.807) is 12.3 Å². The molecule has 1 amide bonds. The van der Waals surface area contributed by atoms with Crippen molar-refractivity contribution in [1.82, 2.24) is 14.5 Å². The van der Waals surface area contributed by atoms with Crippen LogP contribution in [0.3, 0.4) is 0 Å². The Morgan fingerprint density at radius 1 is 1.25 bits per heavy atom. The fourth-order valence-electron chi connectivity index (χ4n) is 4.50. The smallest absolute Gasteiger partial charge is 0.229 e. The number of anilines is 1. The molecular formula is C23H28N4O.